The molecule has 0 amide bonds. The number of nitrogens with zero attached hydrogens (tertiary/aromatic N) is 6. The number of carbonyl (C=O) groups is 1. The maximum atomic E-state index is 13.7. The highest BCUT2D eigenvalue weighted by Gasteiger charge is 2.41. The number of rotatable bonds is 8. The van der Waals surface area contributed by atoms with Crippen LogP contribution < -0.4 is 27.6 Å². The number of nitriles is 1. The van der Waals surface area contributed by atoms with Gasteiger partial charge in [0.1, 0.15) is 12.6 Å². The Bertz CT molecular complexity index is 2210. The summed E-state index contributed by atoms with van der Waals surface area (Å²) < 4.78 is 48.1. The summed E-state index contributed by atoms with van der Waals surface area (Å²) in [6.45, 7) is 2.84. The summed E-state index contributed by atoms with van der Waals surface area (Å²) in [6, 6.07) is 20.7. The van der Waals surface area contributed by atoms with Gasteiger partial charge in [0.05, 0.1) is 56.0 Å². The van der Waals surface area contributed by atoms with Gasteiger partial charge in [-0.3, -0.25) is 9.88 Å². The first-order chi connectivity index (χ1) is 23.3. The van der Waals surface area contributed by atoms with Gasteiger partial charge in [0.25, 0.3) is 0 Å². The molecule has 10 nitrogen and oxygen atoms in total. The van der Waals surface area contributed by atoms with Crippen molar-refractivity contribution in [2.24, 2.45) is 0 Å². The van der Waals surface area contributed by atoms with E-state index in [9.17, 15) is 28.0 Å². The molecule has 0 aliphatic carbocycles. The molecule has 258 valence electrons. The number of nitrogens with one attached hydrogen (secondary N) is 1. The standard InChI is InChI=1S/C36H32F3N7O3.BrH/c1-22-30(33(47)49-4)32(45-34(42-43-35(45)48)44(22)28-12-6-11-27(19-28)36(37,38)39)29-14-13-23(20-40)18-25(29)15-17-46(2,3)21-26-9-5-8-24-10-7-16-41-31(24)26;/h5-14,16,18-19,32H,15,17,21H2,1-4H3;1H. The minimum absolute atomic E-state index is 0. The fourth-order valence-corrected chi connectivity index (χ4v) is 6.50. The maximum absolute atomic E-state index is 13.7. The number of para-hydroxylation sites is 1. The zero-order chi connectivity index (χ0) is 35.1. The molecule has 5 aromatic rings. The van der Waals surface area contributed by atoms with Crippen molar-refractivity contribution < 1.29 is 44.2 Å². The lowest BCUT2D eigenvalue weighted by molar-refractivity contribution is -0.903. The Morgan fingerprint density at radius 2 is 1.80 bits per heavy atom. The lowest BCUT2D eigenvalue weighted by atomic mass is 9.89. The fraction of sp³-hybridized carbons (Fsp3) is 0.250. The highest BCUT2D eigenvalue weighted by atomic mass is 79.9. The lowest BCUT2D eigenvalue weighted by Crippen LogP contribution is -3.00. The van der Waals surface area contributed by atoms with E-state index < -0.39 is 29.4 Å². The van der Waals surface area contributed by atoms with Crippen molar-refractivity contribution in [3.63, 3.8) is 0 Å². The average molecular weight is 749 g/mol. The zero-order valence-corrected chi connectivity index (χ0v) is 29.2. The average Bonchev–Trinajstić information content (AvgIpc) is 3.46. The fourth-order valence-electron chi connectivity index (χ4n) is 6.50. The van der Waals surface area contributed by atoms with Crippen LogP contribution in [0.1, 0.15) is 40.8 Å². The molecule has 0 spiro atoms. The van der Waals surface area contributed by atoms with Gasteiger partial charge in [0.2, 0.25) is 5.95 Å². The monoisotopic (exact) mass is 747 g/mol. The second-order valence-corrected chi connectivity index (χ2v) is 12.6. The van der Waals surface area contributed by atoms with E-state index in [2.05, 4.69) is 41.4 Å². The number of aromatic nitrogens is 4. The molecule has 14 heteroatoms. The van der Waals surface area contributed by atoms with E-state index in [1.54, 1.807) is 31.3 Å². The Labute approximate surface area is 296 Å². The normalized spacial score (nSPS) is 14.6. The molecule has 1 atom stereocenters. The number of hydrogen-bond donors (Lipinski definition) is 1. The van der Waals surface area contributed by atoms with Crippen molar-refractivity contribution in [1.82, 2.24) is 19.7 Å². The van der Waals surface area contributed by atoms with Gasteiger partial charge in [-0.25, -0.2) is 19.3 Å². The Balaban J connectivity index is 0.00000486. The molecule has 1 N–H and O–H groups in total. The highest BCUT2D eigenvalue weighted by Crippen LogP contribution is 2.43. The van der Waals surface area contributed by atoms with E-state index in [0.717, 1.165) is 28.6 Å². The molecule has 3 aromatic carbocycles. The number of esters is 1. The van der Waals surface area contributed by atoms with Crippen LogP contribution in [-0.2, 0) is 28.7 Å². The Kier molecular flexibility index (Phi) is 10.0. The lowest BCUT2D eigenvalue weighted by Gasteiger charge is -2.36. The number of alkyl halides is 3. The van der Waals surface area contributed by atoms with Crippen LogP contribution in [0.3, 0.4) is 0 Å². The molecule has 1 aliphatic heterocycles. The number of halogens is 4. The second kappa shape index (κ2) is 13.9. The van der Waals surface area contributed by atoms with Gasteiger partial charge >= 0.3 is 17.8 Å². The van der Waals surface area contributed by atoms with Crippen LogP contribution in [0.4, 0.5) is 24.8 Å². The van der Waals surface area contributed by atoms with Crippen molar-refractivity contribution in [3.8, 4) is 6.07 Å². The molecule has 0 saturated carbocycles. The Morgan fingerprint density at radius 3 is 2.52 bits per heavy atom. The number of benzene rings is 3. The summed E-state index contributed by atoms with van der Waals surface area (Å²) in [7, 11) is 5.38. The zero-order valence-electron chi connectivity index (χ0n) is 27.6. The molecule has 0 fully saturated rings. The van der Waals surface area contributed by atoms with Crippen LogP contribution >= 0.6 is 0 Å². The number of carbonyl (C=O) groups excluding carboxylic acids is 1. The predicted octanol–water partition coefficient (Wildman–Crippen LogP) is 3.02. The molecule has 0 bridgehead atoms. The molecule has 0 radical (unpaired) electrons. The van der Waals surface area contributed by atoms with Gasteiger partial charge in [-0.1, -0.05) is 36.4 Å². The van der Waals surface area contributed by atoms with Crippen LogP contribution in [0.2, 0.25) is 0 Å². The molecule has 50 heavy (non-hydrogen) atoms. The number of hydrogen-bond acceptors (Lipinski definition) is 7. The van der Waals surface area contributed by atoms with Crippen LogP contribution in [0, 0.1) is 11.3 Å². The first-order valence-electron chi connectivity index (χ1n) is 15.4. The molecule has 3 heterocycles. The number of H-pyrrole nitrogens is 1. The van der Waals surface area contributed by atoms with Crippen molar-refractivity contribution in [1.29, 1.82) is 5.26 Å². The first-order valence-corrected chi connectivity index (χ1v) is 15.4. The summed E-state index contributed by atoms with van der Waals surface area (Å²) in [4.78, 5) is 33.0. The third-order valence-electron chi connectivity index (χ3n) is 8.85. The quantitative estimate of drug-likeness (QED) is 0.192. The maximum Gasteiger partial charge on any atom is 0.416 e. The number of anilines is 2. The number of fused-ring (bicyclic) bond motifs is 2. The molecule has 6 rings (SSSR count). The minimum atomic E-state index is -4.63. The van der Waals surface area contributed by atoms with Gasteiger partial charge in [-0.2, -0.15) is 18.4 Å². The molecule has 1 aliphatic rings. The molecule has 0 saturated heterocycles. The molecule has 2 aromatic heterocycles. The van der Waals surface area contributed by atoms with Crippen molar-refractivity contribution in [2.75, 3.05) is 32.6 Å². The number of pyridine rings is 1. The van der Waals surface area contributed by atoms with Crippen LogP contribution in [0.5, 0.6) is 0 Å². The van der Waals surface area contributed by atoms with Gasteiger partial charge in [0, 0.05) is 35.0 Å². The Hall–Kier alpha value is -5.26. The van der Waals surface area contributed by atoms with Crippen molar-refractivity contribution >= 4 is 28.5 Å². The van der Waals surface area contributed by atoms with Gasteiger partial charge in [0.15, 0.2) is 0 Å². The van der Waals surface area contributed by atoms with Crippen molar-refractivity contribution in [2.45, 2.75) is 32.1 Å². The van der Waals surface area contributed by atoms with E-state index in [0.29, 0.717) is 40.7 Å². The summed E-state index contributed by atoms with van der Waals surface area (Å²) in [5.74, 6) is -0.776. The van der Waals surface area contributed by atoms with E-state index in [4.69, 9.17) is 4.74 Å². The first kappa shape index (κ1) is 36.0. The van der Waals surface area contributed by atoms with E-state index in [1.807, 2.05) is 24.3 Å². The SMILES string of the molecule is COC(=O)C1=C(C)N(c2cccc(C(F)(F)F)c2)c2n[nH]c(=O)n2C1c1ccc(C#N)cc1CC[N+](C)(C)Cc1cccc2cccnc12.[Br-]. The summed E-state index contributed by atoms with van der Waals surface area (Å²) in [5, 5.41) is 17.5. The minimum Gasteiger partial charge on any atom is -1.00 e. The van der Waals surface area contributed by atoms with E-state index in [-0.39, 0.29) is 39.9 Å². The summed E-state index contributed by atoms with van der Waals surface area (Å²) in [5.41, 5.74) is 2.40. The van der Waals surface area contributed by atoms with Crippen LogP contribution in [-0.4, -0.2) is 58.0 Å². The number of aromatic amines is 1. The smallest absolute Gasteiger partial charge is 0.416 e. The van der Waals surface area contributed by atoms with E-state index in [1.165, 1.54) is 28.7 Å². The number of quaternary nitrogens is 1. The molecule has 1 unspecified atom stereocenters. The topological polar surface area (TPSA) is 117 Å². The van der Waals surface area contributed by atoms with Crippen LogP contribution in [0.15, 0.2) is 95.1 Å². The number of likely N-dealkylation sites (N-methyl/N-ethyl adjacent to an activating group) is 1. The highest BCUT2D eigenvalue weighted by molar-refractivity contribution is 5.93. The number of allylic oxidation sites excluding steroid dienone is 1. The largest absolute Gasteiger partial charge is 1.00 e. The third-order valence-corrected chi connectivity index (χ3v) is 8.85. The Morgan fingerprint density at radius 1 is 1.06 bits per heavy atom. The predicted molar refractivity (Wildman–Crippen MR) is 177 cm³/mol. The van der Waals surface area contributed by atoms with E-state index >= 15 is 0 Å². The van der Waals surface area contributed by atoms with Crippen LogP contribution in [0.25, 0.3) is 10.9 Å². The van der Waals surface area contributed by atoms with Crippen molar-refractivity contribution in [3.05, 3.63) is 129 Å². The summed E-state index contributed by atoms with van der Waals surface area (Å²) in [6.07, 6.45) is -2.40. The van der Waals surface area contributed by atoms with Gasteiger partial charge < -0.3 is 26.2 Å². The summed E-state index contributed by atoms with van der Waals surface area (Å²) >= 11 is 0. The third kappa shape index (κ3) is 6.79. The molecular formula is C36H33BrF3N7O3. The number of ether oxygens (including phenoxy) is 1. The molecular weight excluding hydrogens is 715 g/mol. The van der Waals surface area contributed by atoms with Gasteiger partial charge in [-0.05, 0) is 54.4 Å². The van der Waals surface area contributed by atoms with Gasteiger partial charge in [-0.15, -0.1) is 5.10 Å². The second-order valence-electron chi connectivity index (χ2n) is 12.6. The number of methoxy groups -OCH3 is 1.